The molecule has 1 nitrogen and oxygen atoms in total. The van der Waals surface area contributed by atoms with Gasteiger partial charge in [-0.1, -0.05) is 30.3 Å². The Morgan fingerprint density at radius 3 is 2.25 bits per heavy atom. The summed E-state index contributed by atoms with van der Waals surface area (Å²) in [5.74, 6) is 0.914. The van der Waals surface area contributed by atoms with Crippen molar-refractivity contribution in [3.63, 3.8) is 0 Å². The van der Waals surface area contributed by atoms with Gasteiger partial charge in [0.2, 0.25) is 0 Å². The molecule has 0 aliphatic carbocycles. The second kappa shape index (κ2) is 4.84. The summed E-state index contributed by atoms with van der Waals surface area (Å²) in [6.07, 6.45) is 0. The first kappa shape index (κ1) is 10.7. The number of aryl methyl sites for hydroxylation is 2. The van der Waals surface area contributed by atoms with Gasteiger partial charge in [0.25, 0.3) is 0 Å². The van der Waals surface area contributed by atoms with Crippen LogP contribution >= 0.6 is 0 Å². The molecular formula is C15H15O. The quantitative estimate of drug-likeness (QED) is 0.752. The highest BCUT2D eigenvalue weighted by molar-refractivity contribution is 5.32. The normalized spacial score (nSPS) is 10.1. The van der Waals surface area contributed by atoms with Crippen molar-refractivity contribution in [1.29, 1.82) is 0 Å². The molecule has 0 spiro atoms. The summed E-state index contributed by atoms with van der Waals surface area (Å²) in [6.45, 7) is 4.68. The predicted molar refractivity (Wildman–Crippen MR) is 65.5 cm³/mol. The van der Waals surface area contributed by atoms with Crippen molar-refractivity contribution < 1.29 is 4.74 Å². The molecular weight excluding hydrogens is 196 g/mol. The van der Waals surface area contributed by atoms with E-state index in [1.165, 1.54) is 5.56 Å². The lowest BCUT2D eigenvalue weighted by molar-refractivity contribution is 0.306. The maximum absolute atomic E-state index is 5.73. The van der Waals surface area contributed by atoms with E-state index < -0.39 is 0 Å². The standard InChI is InChI=1S/C15H15O/c1-12-8-13(2)10-15(9-12)16-11-14-6-4-3-5-7-14/h3-7,9-10H,11H2,1-2H3. The fraction of sp³-hybridized carbons (Fsp3) is 0.200. The summed E-state index contributed by atoms with van der Waals surface area (Å²) >= 11 is 0. The van der Waals surface area contributed by atoms with E-state index in [0.717, 1.165) is 16.9 Å². The van der Waals surface area contributed by atoms with Gasteiger partial charge in [-0.05, 0) is 48.7 Å². The van der Waals surface area contributed by atoms with E-state index >= 15 is 0 Å². The maximum atomic E-state index is 5.73. The van der Waals surface area contributed by atoms with E-state index in [-0.39, 0.29) is 0 Å². The number of rotatable bonds is 3. The van der Waals surface area contributed by atoms with Gasteiger partial charge in [0, 0.05) is 0 Å². The monoisotopic (exact) mass is 211 g/mol. The summed E-state index contributed by atoms with van der Waals surface area (Å²) in [6, 6.07) is 17.4. The van der Waals surface area contributed by atoms with Crippen LogP contribution in [-0.2, 0) is 6.61 Å². The largest absolute Gasteiger partial charge is 0.489 e. The molecule has 0 atom stereocenters. The van der Waals surface area contributed by atoms with Gasteiger partial charge in [-0.2, -0.15) is 0 Å². The summed E-state index contributed by atoms with van der Waals surface area (Å²) in [4.78, 5) is 0. The highest BCUT2D eigenvalue weighted by Crippen LogP contribution is 2.17. The van der Waals surface area contributed by atoms with Crippen LogP contribution in [0.1, 0.15) is 16.7 Å². The predicted octanol–water partition coefficient (Wildman–Crippen LogP) is 3.68. The zero-order chi connectivity index (χ0) is 11.4. The molecule has 0 saturated carbocycles. The second-order valence-electron chi connectivity index (χ2n) is 3.96. The first-order chi connectivity index (χ1) is 7.74. The first-order valence-corrected chi connectivity index (χ1v) is 5.41. The van der Waals surface area contributed by atoms with Gasteiger partial charge < -0.3 is 4.74 Å². The molecule has 0 saturated heterocycles. The van der Waals surface area contributed by atoms with Crippen molar-refractivity contribution in [1.82, 2.24) is 0 Å². The highest BCUT2D eigenvalue weighted by atomic mass is 16.5. The minimum absolute atomic E-state index is 0.615. The third-order valence-corrected chi connectivity index (χ3v) is 2.36. The molecule has 2 aromatic carbocycles. The molecule has 0 aliphatic heterocycles. The van der Waals surface area contributed by atoms with E-state index in [9.17, 15) is 0 Å². The average Bonchev–Trinajstić information content (AvgIpc) is 2.27. The van der Waals surface area contributed by atoms with Crippen molar-refractivity contribution in [2.24, 2.45) is 0 Å². The summed E-state index contributed by atoms with van der Waals surface area (Å²) < 4.78 is 5.73. The van der Waals surface area contributed by atoms with Gasteiger partial charge >= 0.3 is 0 Å². The van der Waals surface area contributed by atoms with E-state index in [1.807, 2.05) is 44.2 Å². The van der Waals surface area contributed by atoms with Crippen molar-refractivity contribution in [2.75, 3.05) is 0 Å². The van der Waals surface area contributed by atoms with E-state index in [0.29, 0.717) is 6.61 Å². The van der Waals surface area contributed by atoms with Gasteiger partial charge in [-0.3, -0.25) is 0 Å². The number of benzene rings is 2. The second-order valence-corrected chi connectivity index (χ2v) is 3.96. The maximum Gasteiger partial charge on any atom is 0.120 e. The Labute approximate surface area is 96.7 Å². The Kier molecular flexibility index (Phi) is 3.25. The van der Waals surface area contributed by atoms with Crippen LogP contribution in [0.3, 0.4) is 0 Å². The van der Waals surface area contributed by atoms with E-state index in [1.54, 1.807) is 0 Å². The van der Waals surface area contributed by atoms with Gasteiger partial charge in [0.1, 0.15) is 12.4 Å². The lowest BCUT2D eigenvalue weighted by Crippen LogP contribution is -1.95. The topological polar surface area (TPSA) is 9.23 Å². The summed E-state index contributed by atoms with van der Waals surface area (Å²) in [7, 11) is 0. The zero-order valence-electron chi connectivity index (χ0n) is 9.66. The molecule has 81 valence electrons. The van der Waals surface area contributed by atoms with E-state index in [4.69, 9.17) is 4.74 Å². The van der Waals surface area contributed by atoms with Gasteiger partial charge in [0.15, 0.2) is 0 Å². The Morgan fingerprint density at radius 1 is 1.00 bits per heavy atom. The van der Waals surface area contributed by atoms with Crippen LogP contribution < -0.4 is 4.74 Å². The molecule has 1 heteroatoms. The zero-order valence-corrected chi connectivity index (χ0v) is 9.66. The van der Waals surface area contributed by atoms with Crippen LogP contribution in [0.2, 0.25) is 0 Å². The highest BCUT2D eigenvalue weighted by Gasteiger charge is 1.98. The number of ether oxygens (including phenoxy) is 1. The fourth-order valence-electron chi connectivity index (χ4n) is 1.68. The Morgan fingerprint density at radius 2 is 1.62 bits per heavy atom. The van der Waals surface area contributed by atoms with Crippen LogP contribution in [0.25, 0.3) is 0 Å². The van der Waals surface area contributed by atoms with Crippen LogP contribution in [-0.4, -0.2) is 0 Å². The molecule has 0 aliphatic rings. The lowest BCUT2D eigenvalue weighted by atomic mass is 10.1. The Balaban J connectivity index is 2.05. The van der Waals surface area contributed by atoms with Gasteiger partial charge in [-0.25, -0.2) is 0 Å². The minimum atomic E-state index is 0.615. The molecule has 0 aromatic heterocycles. The fourth-order valence-corrected chi connectivity index (χ4v) is 1.68. The first-order valence-electron chi connectivity index (χ1n) is 5.41. The third kappa shape index (κ3) is 2.86. The molecule has 0 N–H and O–H groups in total. The molecule has 2 aromatic rings. The minimum Gasteiger partial charge on any atom is -0.489 e. The van der Waals surface area contributed by atoms with Crippen LogP contribution in [0.5, 0.6) is 5.75 Å². The third-order valence-electron chi connectivity index (χ3n) is 2.36. The molecule has 0 amide bonds. The molecule has 1 radical (unpaired) electrons. The molecule has 0 fully saturated rings. The number of hydrogen-bond donors (Lipinski definition) is 0. The summed E-state index contributed by atoms with van der Waals surface area (Å²) in [5, 5.41) is 0. The Hall–Kier alpha value is -1.76. The van der Waals surface area contributed by atoms with Crippen molar-refractivity contribution >= 4 is 0 Å². The van der Waals surface area contributed by atoms with Crippen molar-refractivity contribution in [2.45, 2.75) is 20.5 Å². The molecule has 16 heavy (non-hydrogen) atoms. The van der Waals surface area contributed by atoms with Gasteiger partial charge in [-0.15, -0.1) is 0 Å². The van der Waals surface area contributed by atoms with Crippen LogP contribution in [0.15, 0.2) is 42.5 Å². The molecule has 0 heterocycles. The molecule has 0 unspecified atom stereocenters. The Bertz CT molecular complexity index is 440. The van der Waals surface area contributed by atoms with Crippen molar-refractivity contribution in [3.05, 3.63) is 65.2 Å². The smallest absolute Gasteiger partial charge is 0.120 e. The summed E-state index contributed by atoms with van der Waals surface area (Å²) in [5.41, 5.74) is 3.41. The molecule has 0 bridgehead atoms. The van der Waals surface area contributed by atoms with Crippen LogP contribution in [0, 0.1) is 19.9 Å². The lowest BCUT2D eigenvalue weighted by Gasteiger charge is -2.07. The van der Waals surface area contributed by atoms with Crippen LogP contribution in [0.4, 0.5) is 0 Å². The SMILES string of the molecule is Cc1[c]c(C)cc(OCc2ccccc2)c1. The average molecular weight is 211 g/mol. The van der Waals surface area contributed by atoms with E-state index in [2.05, 4.69) is 18.2 Å². The molecule has 2 rings (SSSR count). The van der Waals surface area contributed by atoms with Crippen molar-refractivity contribution in [3.8, 4) is 5.75 Å². The number of hydrogen-bond acceptors (Lipinski definition) is 1. The van der Waals surface area contributed by atoms with Gasteiger partial charge in [0.05, 0.1) is 0 Å².